The summed E-state index contributed by atoms with van der Waals surface area (Å²) >= 11 is 5.79. The molecule has 0 spiro atoms. The average Bonchev–Trinajstić information content (AvgIpc) is 1.96. The van der Waals surface area contributed by atoms with Crippen LogP contribution < -0.4 is 11.1 Å². The Morgan fingerprint density at radius 2 is 2.23 bits per heavy atom. The van der Waals surface area contributed by atoms with Crippen LogP contribution in [-0.2, 0) is 0 Å². The first kappa shape index (κ1) is 8.78. The van der Waals surface area contributed by atoms with Crippen LogP contribution in [0.15, 0.2) is 12.1 Å². The molecule has 0 bridgehead atoms. The number of hydrogen-bond acceptors (Lipinski definition) is 2. The van der Waals surface area contributed by atoms with Crippen molar-refractivity contribution in [2.75, 3.05) is 12.3 Å². The SMILES string of the molecule is Nc1cc(F)c([C@H]2CCN2)cc1Cl. The Morgan fingerprint density at radius 3 is 2.77 bits per heavy atom. The molecule has 0 amide bonds. The topological polar surface area (TPSA) is 38.0 Å². The Balaban J connectivity index is 2.39. The van der Waals surface area contributed by atoms with E-state index in [1.165, 1.54) is 6.07 Å². The maximum absolute atomic E-state index is 13.3. The number of nitrogens with one attached hydrogen (secondary N) is 1. The number of halogens is 2. The van der Waals surface area contributed by atoms with Gasteiger partial charge in [0.05, 0.1) is 10.7 Å². The van der Waals surface area contributed by atoms with Gasteiger partial charge in [0.2, 0.25) is 0 Å². The summed E-state index contributed by atoms with van der Waals surface area (Å²) in [6, 6.07) is 2.99. The van der Waals surface area contributed by atoms with Gasteiger partial charge in [-0.2, -0.15) is 0 Å². The summed E-state index contributed by atoms with van der Waals surface area (Å²) in [4.78, 5) is 0. The van der Waals surface area contributed by atoms with E-state index in [1.54, 1.807) is 6.07 Å². The molecular weight excluding hydrogens is 191 g/mol. The standard InChI is InChI=1S/C9H10ClFN2/c10-6-3-5(9-1-2-13-9)7(11)4-8(6)12/h3-4,9,13H,1-2,12H2/t9-/m1/s1. The minimum atomic E-state index is -0.279. The molecule has 1 saturated heterocycles. The molecule has 0 saturated carbocycles. The van der Waals surface area contributed by atoms with E-state index < -0.39 is 0 Å². The fourth-order valence-corrected chi connectivity index (χ4v) is 1.57. The van der Waals surface area contributed by atoms with E-state index in [4.69, 9.17) is 17.3 Å². The van der Waals surface area contributed by atoms with Gasteiger partial charge in [-0.05, 0) is 25.1 Å². The normalized spacial score (nSPS) is 21.2. The summed E-state index contributed by atoms with van der Waals surface area (Å²) in [6.45, 7) is 0.937. The van der Waals surface area contributed by atoms with Gasteiger partial charge in [-0.3, -0.25) is 0 Å². The van der Waals surface area contributed by atoms with E-state index in [-0.39, 0.29) is 11.9 Å². The molecule has 1 aromatic carbocycles. The lowest BCUT2D eigenvalue weighted by Gasteiger charge is -2.28. The van der Waals surface area contributed by atoms with Crippen molar-refractivity contribution >= 4 is 17.3 Å². The van der Waals surface area contributed by atoms with Crippen molar-refractivity contribution in [1.29, 1.82) is 0 Å². The first-order chi connectivity index (χ1) is 6.18. The average molecular weight is 201 g/mol. The number of rotatable bonds is 1. The largest absolute Gasteiger partial charge is 0.397 e. The number of anilines is 1. The molecule has 1 aliphatic heterocycles. The molecule has 13 heavy (non-hydrogen) atoms. The molecule has 1 aromatic rings. The molecule has 4 heteroatoms. The first-order valence-corrected chi connectivity index (χ1v) is 4.54. The van der Waals surface area contributed by atoms with Gasteiger partial charge in [0.1, 0.15) is 5.82 Å². The van der Waals surface area contributed by atoms with Crippen LogP contribution in [0.1, 0.15) is 18.0 Å². The minimum Gasteiger partial charge on any atom is -0.397 e. The van der Waals surface area contributed by atoms with Crippen molar-refractivity contribution in [1.82, 2.24) is 5.32 Å². The fourth-order valence-electron chi connectivity index (χ4n) is 1.40. The van der Waals surface area contributed by atoms with Gasteiger partial charge in [-0.15, -0.1) is 0 Å². The van der Waals surface area contributed by atoms with Gasteiger partial charge in [-0.1, -0.05) is 11.6 Å². The summed E-state index contributed by atoms with van der Waals surface area (Å²) in [5, 5.41) is 3.53. The summed E-state index contributed by atoms with van der Waals surface area (Å²) in [5.41, 5.74) is 6.37. The summed E-state index contributed by atoms with van der Waals surface area (Å²) < 4.78 is 13.3. The van der Waals surface area contributed by atoms with Gasteiger partial charge in [0, 0.05) is 11.6 Å². The Labute approximate surface area is 80.9 Å². The third-order valence-corrected chi connectivity index (χ3v) is 2.64. The predicted octanol–water partition coefficient (Wildman–Crippen LogP) is 2.10. The van der Waals surface area contributed by atoms with E-state index in [0.717, 1.165) is 13.0 Å². The van der Waals surface area contributed by atoms with Crippen molar-refractivity contribution in [2.24, 2.45) is 0 Å². The molecular formula is C9H10ClFN2. The van der Waals surface area contributed by atoms with Gasteiger partial charge >= 0.3 is 0 Å². The Hall–Kier alpha value is -0.800. The van der Waals surface area contributed by atoms with Gasteiger partial charge < -0.3 is 11.1 Å². The quantitative estimate of drug-likeness (QED) is 0.682. The van der Waals surface area contributed by atoms with Crippen molar-refractivity contribution in [3.05, 3.63) is 28.5 Å². The monoisotopic (exact) mass is 200 g/mol. The smallest absolute Gasteiger partial charge is 0.130 e. The lowest BCUT2D eigenvalue weighted by atomic mass is 9.97. The first-order valence-electron chi connectivity index (χ1n) is 4.16. The Bertz CT molecular complexity index is 337. The predicted molar refractivity (Wildman–Crippen MR) is 51.2 cm³/mol. The molecule has 1 atom stereocenters. The second-order valence-electron chi connectivity index (χ2n) is 3.19. The second kappa shape index (κ2) is 3.16. The lowest BCUT2D eigenvalue weighted by Crippen LogP contribution is -2.35. The molecule has 0 unspecified atom stereocenters. The molecule has 0 aliphatic carbocycles. The molecule has 2 rings (SSSR count). The summed E-state index contributed by atoms with van der Waals surface area (Å²) in [5.74, 6) is -0.279. The van der Waals surface area contributed by atoms with Crippen molar-refractivity contribution < 1.29 is 4.39 Å². The minimum absolute atomic E-state index is 0.109. The van der Waals surface area contributed by atoms with E-state index >= 15 is 0 Å². The molecule has 1 heterocycles. The molecule has 1 fully saturated rings. The zero-order valence-electron chi connectivity index (χ0n) is 6.98. The number of benzene rings is 1. The number of hydrogen-bond donors (Lipinski definition) is 2. The zero-order valence-corrected chi connectivity index (χ0v) is 7.74. The van der Waals surface area contributed by atoms with Gasteiger partial charge in [0.25, 0.3) is 0 Å². The van der Waals surface area contributed by atoms with E-state index in [9.17, 15) is 4.39 Å². The van der Waals surface area contributed by atoms with Crippen LogP contribution in [0, 0.1) is 5.82 Å². The van der Waals surface area contributed by atoms with Crippen LogP contribution in [0.25, 0.3) is 0 Å². The zero-order chi connectivity index (χ0) is 9.42. The van der Waals surface area contributed by atoms with Gasteiger partial charge in [0.15, 0.2) is 0 Å². The molecule has 1 aliphatic rings. The number of nitrogen functional groups attached to an aromatic ring is 1. The van der Waals surface area contributed by atoms with Crippen LogP contribution in [0.2, 0.25) is 5.02 Å². The Morgan fingerprint density at radius 1 is 1.54 bits per heavy atom. The third kappa shape index (κ3) is 1.49. The van der Waals surface area contributed by atoms with Crippen molar-refractivity contribution in [3.63, 3.8) is 0 Å². The van der Waals surface area contributed by atoms with Crippen LogP contribution in [0.3, 0.4) is 0 Å². The molecule has 2 nitrogen and oxygen atoms in total. The van der Waals surface area contributed by atoms with Gasteiger partial charge in [-0.25, -0.2) is 4.39 Å². The second-order valence-corrected chi connectivity index (χ2v) is 3.60. The highest BCUT2D eigenvalue weighted by Gasteiger charge is 2.22. The van der Waals surface area contributed by atoms with Crippen LogP contribution in [0.4, 0.5) is 10.1 Å². The van der Waals surface area contributed by atoms with Crippen molar-refractivity contribution in [2.45, 2.75) is 12.5 Å². The third-order valence-electron chi connectivity index (χ3n) is 2.32. The maximum Gasteiger partial charge on any atom is 0.130 e. The Kier molecular flexibility index (Phi) is 2.14. The van der Waals surface area contributed by atoms with E-state index in [1.807, 2.05) is 0 Å². The lowest BCUT2D eigenvalue weighted by molar-refractivity contribution is 0.370. The van der Waals surface area contributed by atoms with E-state index in [0.29, 0.717) is 16.3 Å². The van der Waals surface area contributed by atoms with Crippen molar-refractivity contribution in [3.8, 4) is 0 Å². The molecule has 0 aromatic heterocycles. The highest BCUT2D eigenvalue weighted by molar-refractivity contribution is 6.33. The van der Waals surface area contributed by atoms with E-state index in [2.05, 4.69) is 5.32 Å². The highest BCUT2D eigenvalue weighted by atomic mass is 35.5. The maximum atomic E-state index is 13.3. The molecule has 0 radical (unpaired) electrons. The van der Waals surface area contributed by atoms with Crippen LogP contribution in [0.5, 0.6) is 0 Å². The molecule has 70 valence electrons. The summed E-state index contributed by atoms with van der Waals surface area (Å²) in [6.07, 6.45) is 0.956. The fraction of sp³-hybridized carbons (Fsp3) is 0.333. The van der Waals surface area contributed by atoms with Crippen LogP contribution >= 0.6 is 11.6 Å². The highest BCUT2D eigenvalue weighted by Crippen LogP contribution is 2.30. The molecule has 3 N–H and O–H groups in total. The van der Waals surface area contributed by atoms with Crippen LogP contribution in [-0.4, -0.2) is 6.54 Å². The summed E-state index contributed by atoms with van der Waals surface area (Å²) in [7, 11) is 0. The number of nitrogens with two attached hydrogens (primary N) is 1.